The highest BCUT2D eigenvalue weighted by atomic mass is 79.9. The van der Waals surface area contributed by atoms with E-state index in [1.165, 1.54) is 0 Å². The summed E-state index contributed by atoms with van der Waals surface area (Å²) in [6.45, 7) is 0.438. The first-order valence-electron chi connectivity index (χ1n) is 8.86. The third-order valence-electron chi connectivity index (χ3n) is 4.34. The average Bonchev–Trinajstić information content (AvgIpc) is 3.16. The number of aromatic nitrogens is 2. The topological polar surface area (TPSA) is 61.7 Å². The van der Waals surface area contributed by atoms with Crippen LogP contribution in [0.25, 0.3) is 22.7 Å². The Balaban J connectivity index is 1.54. The van der Waals surface area contributed by atoms with Crippen molar-refractivity contribution in [2.24, 2.45) is 0 Å². The Kier molecular flexibility index (Phi) is 5.66. The summed E-state index contributed by atoms with van der Waals surface area (Å²) in [4.78, 5) is 7.68. The number of fused-ring (bicyclic) bond motifs is 1. The van der Waals surface area contributed by atoms with Crippen LogP contribution in [0.1, 0.15) is 17.0 Å². The summed E-state index contributed by atoms with van der Waals surface area (Å²) in [5.41, 5.74) is 4.09. The van der Waals surface area contributed by atoms with E-state index in [2.05, 4.69) is 32.0 Å². The number of hydrogen-bond donors (Lipinski definition) is 1. The molecule has 0 aliphatic rings. The molecule has 0 amide bonds. The highest BCUT2D eigenvalue weighted by molar-refractivity contribution is 9.10. The van der Waals surface area contributed by atoms with Gasteiger partial charge in [0.05, 0.1) is 21.1 Å². The number of benzene rings is 3. The van der Waals surface area contributed by atoms with Gasteiger partial charge in [0, 0.05) is 5.02 Å². The highest BCUT2D eigenvalue weighted by Gasteiger charge is 2.09. The Morgan fingerprint density at radius 1 is 1.14 bits per heavy atom. The maximum Gasteiger partial charge on any atom is 0.149 e. The quantitative estimate of drug-likeness (QED) is 0.337. The minimum atomic E-state index is 0.438. The van der Waals surface area contributed by atoms with E-state index >= 15 is 0 Å². The molecule has 1 aromatic heterocycles. The molecule has 0 saturated heterocycles. The fraction of sp³-hybridized carbons (Fsp3) is 0.0435. The minimum absolute atomic E-state index is 0.438. The molecule has 4 nitrogen and oxygen atoms in total. The summed E-state index contributed by atoms with van der Waals surface area (Å²) >= 11 is 9.46. The van der Waals surface area contributed by atoms with Crippen molar-refractivity contribution in [1.29, 1.82) is 5.26 Å². The molecule has 0 spiro atoms. The summed E-state index contributed by atoms with van der Waals surface area (Å²) in [5.74, 6) is 1.27. The van der Waals surface area contributed by atoms with Gasteiger partial charge < -0.3 is 9.72 Å². The summed E-state index contributed by atoms with van der Waals surface area (Å²) in [6, 6.07) is 23.1. The maximum absolute atomic E-state index is 9.60. The lowest BCUT2D eigenvalue weighted by molar-refractivity contribution is 0.304. The number of nitrogens with zero attached hydrogens (tertiary/aromatic N) is 2. The number of nitrogens with one attached hydrogen (secondary N) is 1. The van der Waals surface area contributed by atoms with E-state index < -0.39 is 0 Å². The first kappa shape index (κ1) is 19.3. The second-order valence-corrected chi connectivity index (χ2v) is 7.67. The molecule has 0 aliphatic heterocycles. The number of imidazole rings is 1. The number of rotatable bonds is 5. The first-order valence-corrected chi connectivity index (χ1v) is 10.0. The van der Waals surface area contributed by atoms with Gasteiger partial charge in [-0.3, -0.25) is 0 Å². The van der Waals surface area contributed by atoms with E-state index in [9.17, 15) is 5.26 Å². The number of halogens is 2. The van der Waals surface area contributed by atoms with E-state index in [1.807, 2.05) is 66.7 Å². The van der Waals surface area contributed by atoms with Crippen molar-refractivity contribution in [3.8, 4) is 11.8 Å². The number of H-pyrrole nitrogens is 1. The second kappa shape index (κ2) is 8.52. The van der Waals surface area contributed by atoms with Crippen LogP contribution in [0.15, 0.2) is 71.2 Å². The Morgan fingerprint density at radius 2 is 1.93 bits per heavy atom. The molecule has 0 fully saturated rings. The largest absolute Gasteiger partial charge is 0.488 e. The van der Waals surface area contributed by atoms with Gasteiger partial charge in [0.15, 0.2) is 0 Å². The highest BCUT2D eigenvalue weighted by Crippen LogP contribution is 2.29. The smallest absolute Gasteiger partial charge is 0.149 e. The van der Waals surface area contributed by atoms with Crippen LogP contribution in [-0.2, 0) is 6.61 Å². The number of hydrogen-bond acceptors (Lipinski definition) is 3. The van der Waals surface area contributed by atoms with Gasteiger partial charge >= 0.3 is 0 Å². The van der Waals surface area contributed by atoms with Crippen LogP contribution >= 0.6 is 27.5 Å². The van der Waals surface area contributed by atoms with Crippen LogP contribution in [0.2, 0.25) is 5.02 Å². The van der Waals surface area contributed by atoms with Crippen LogP contribution in [0, 0.1) is 11.3 Å². The van der Waals surface area contributed by atoms with Crippen molar-refractivity contribution in [2.75, 3.05) is 0 Å². The fourth-order valence-corrected chi connectivity index (χ4v) is 3.50. The van der Waals surface area contributed by atoms with E-state index in [1.54, 1.807) is 6.08 Å². The van der Waals surface area contributed by atoms with E-state index in [-0.39, 0.29) is 0 Å². The SMILES string of the molecule is N#C/C(=C\c1ccc(OCc2ccc(Cl)cc2)c(Br)c1)c1nc2ccccc2[nH]1. The van der Waals surface area contributed by atoms with Gasteiger partial charge in [-0.2, -0.15) is 5.26 Å². The van der Waals surface area contributed by atoms with Gasteiger partial charge in [0.2, 0.25) is 0 Å². The van der Waals surface area contributed by atoms with E-state index in [0.29, 0.717) is 23.0 Å². The molecule has 4 aromatic rings. The number of nitriles is 1. The first-order chi connectivity index (χ1) is 14.1. The average molecular weight is 465 g/mol. The van der Waals surface area contributed by atoms with Crippen LogP contribution < -0.4 is 4.74 Å². The van der Waals surface area contributed by atoms with Gasteiger partial charge in [-0.1, -0.05) is 41.9 Å². The van der Waals surface area contributed by atoms with Crippen molar-refractivity contribution in [1.82, 2.24) is 9.97 Å². The molecule has 0 radical (unpaired) electrons. The van der Waals surface area contributed by atoms with Gasteiger partial charge in [-0.05, 0) is 69.5 Å². The molecular formula is C23H15BrClN3O. The van der Waals surface area contributed by atoms with Crippen LogP contribution in [0.4, 0.5) is 0 Å². The van der Waals surface area contributed by atoms with Gasteiger partial charge in [0.25, 0.3) is 0 Å². The standard InChI is InChI=1S/C23H15BrClN3O/c24-19-12-16(7-10-22(19)29-14-15-5-8-18(25)9-6-15)11-17(13-26)23-27-20-3-1-2-4-21(20)28-23/h1-12H,14H2,(H,27,28)/b17-11+. The zero-order valence-corrected chi connectivity index (χ0v) is 17.5. The van der Waals surface area contributed by atoms with Gasteiger partial charge in [-0.25, -0.2) is 4.98 Å². The minimum Gasteiger partial charge on any atom is -0.488 e. The van der Waals surface area contributed by atoms with Crippen molar-refractivity contribution in [3.63, 3.8) is 0 Å². The lowest BCUT2D eigenvalue weighted by Crippen LogP contribution is -1.96. The Hall–Kier alpha value is -3.07. The van der Waals surface area contributed by atoms with Crippen molar-refractivity contribution in [2.45, 2.75) is 6.61 Å². The number of para-hydroxylation sites is 2. The molecule has 3 aromatic carbocycles. The molecule has 142 valence electrons. The van der Waals surface area contributed by atoms with Crippen molar-refractivity contribution < 1.29 is 4.74 Å². The van der Waals surface area contributed by atoms with Crippen LogP contribution in [-0.4, -0.2) is 9.97 Å². The number of aromatic amines is 1. The van der Waals surface area contributed by atoms with E-state index in [4.69, 9.17) is 16.3 Å². The zero-order valence-electron chi connectivity index (χ0n) is 15.2. The zero-order chi connectivity index (χ0) is 20.2. The maximum atomic E-state index is 9.60. The van der Waals surface area contributed by atoms with Gasteiger partial charge in [0.1, 0.15) is 24.3 Å². The normalized spacial score (nSPS) is 11.4. The molecule has 0 unspecified atom stereocenters. The summed E-state index contributed by atoms with van der Waals surface area (Å²) < 4.78 is 6.69. The van der Waals surface area contributed by atoms with Gasteiger partial charge in [-0.15, -0.1) is 0 Å². The molecule has 4 rings (SSSR count). The van der Waals surface area contributed by atoms with Crippen molar-refractivity contribution in [3.05, 3.63) is 93.2 Å². The Labute approximate surface area is 181 Å². The van der Waals surface area contributed by atoms with Crippen molar-refractivity contribution >= 4 is 50.2 Å². The van der Waals surface area contributed by atoms with E-state index in [0.717, 1.165) is 32.4 Å². The predicted octanol–water partition coefficient (Wildman–Crippen LogP) is 6.62. The molecule has 29 heavy (non-hydrogen) atoms. The molecule has 0 atom stereocenters. The van der Waals surface area contributed by atoms with Crippen LogP contribution in [0.5, 0.6) is 5.75 Å². The number of allylic oxidation sites excluding steroid dienone is 1. The Bertz CT molecular complexity index is 1210. The Morgan fingerprint density at radius 3 is 2.66 bits per heavy atom. The number of ether oxygens (including phenoxy) is 1. The second-order valence-electron chi connectivity index (χ2n) is 6.38. The summed E-state index contributed by atoms with van der Waals surface area (Å²) in [7, 11) is 0. The molecule has 0 saturated carbocycles. The molecular weight excluding hydrogens is 450 g/mol. The molecule has 0 bridgehead atoms. The van der Waals surface area contributed by atoms with Crippen LogP contribution in [0.3, 0.4) is 0 Å². The third kappa shape index (κ3) is 4.51. The molecule has 6 heteroatoms. The molecule has 0 aliphatic carbocycles. The lowest BCUT2D eigenvalue weighted by atomic mass is 10.1. The molecule has 1 N–H and O–H groups in total. The summed E-state index contributed by atoms with van der Waals surface area (Å²) in [6.07, 6.45) is 1.80. The third-order valence-corrected chi connectivity index (χ3v) is 5.21. The monoisotopic (exact) mass is 463 g/mol. The predicted molar refractivity (Wildman–Crippen MR) is 120 cm³/mol. The summed E-state index contributed by atoms with van der Waals surface area (Å²) in [5, 5.41) is 10.3. The fourth-order valence-electron chi connectivity index (χ4n) is 2.87. The lowest BCUT2D eigenvalue weighted by Gasteiger charge is -2.09. The molecule has 1 heterocycles.